The summed E-state index contributed by atoms with van der Waals surface area (Å²) < 4.78 is 22.4. The zero-order chi connectivity index (χ0) is 20.4. The van der Waals surface area contributed by atoms with Crippen LogP contribution < -0.4 is 18.9 Å². The number of fused-ring (bicyclic) bond motifs is 3. The predicted molar refractivity (Wildman–Crippen MR) is 112 cm³/mol. The Hall–Kier alpha value is -2.76. The van der Waals surface area contributed by atoms with Crippen LogP contribution in [0.1, 0.15) is 55.2 Å². The number of hydrogen-bond acceptors (Lipinski definition) is 6. The van der Waals surface area contributed by atoms with E-state index < -0.39 is 0 Å². The normalized spacial score (nSPS) is 20.2. The average Bonchev–Trinajstić information content (AvgIpc) is 2.77. The highest BCUT2D eigenvalue weighted by Gasteiger charge is 2.35. The van der Waals surface area contributed by atoms with Crippen molar-refractivity contribution in [3.63, 3.8) is 0 Å². The van der Waals surface area contributed by atoms with Gasteiger partial charge in [0, 0.05) is 23.7 Å². The number of hydrogen-bond donors (Lipinski definition) is 0. The van der Waals surface area contributed by atoms with E-state index in [-0.39, 0.29) is 6.04 Å². The molecule has 0 unspecified atom stereocenters. The summed E-state index contributed by atoms with van der Waals surface area (Å²) in [6, 6.07) is 6.27. The minimum Gasteiger partial charge on any atom is -0.496 e. The summed E-state index contributed by atoms with van der Waals surface area (Å²) in [6.07, 6.45) is 6.46. The van der Waals surface area contributed by atoms with Gasteiger partial charge in [0.25, 0.3) is 0 Å². The second-order valence-corrected chi connectivity index (χ2v) is 7.39. The Morgan fingerprint density at radius 1 is 0.897 bits per heavy atom. The predicted octanol–water partition coefficient (Wildman–Crippen LogP) is 4.38. The summed E-state index contributed by atoms with van der Waals surface area (Å²) in [5.74, 6) is 3.13. The van der Waals surface area contributed by atoms with E-state index in [2.05, 4.69) is 11.1 Å². The summed E-state index contributed by atoms with van der Waals surface area (Å²) in [5, 5.41) is 0. The molecule has 29 heavy (non-hydrogen) atoms. The van der Waals surface area contributed by atoms with Crippen molar-refractivity contribution in [2.75, 3.05) is 27.9 Å². The molecule has 1 aliphatic carbocycles. The number of ether oxygens (including phenoxy) is 4. The molecule has 4 rings (SSSR count). The largest absolute Gasteiger partial charge is 0.496 e. The second kappa shape index (κ2) is 8.31. The van der Waals surface area contributed by atoms with Crippen LogP contribution in [0, 0.1) is 0 Å². The fraction of sp³-hybridized carbons (Fsp3) is 0.478. The number of benzene rings is 1. The van der Waals surface area contributed by atoms with Crippen molar-refractivity contribution >= 4 is 5.71 Å². The van der Waals surface area contributed by atoms with Gasteiger partial charge in [-0.15, -0.1) is 0 Å². The number of pyridine rings is 1. The van der Waals surface area contributed by atoms with Crippen molar-refractivity contribution in [1.82, 2.24) is 4.98 Å². The molecular formula is C23H28N2O4. The highest BCUT2D eigenvalue weighted by molar-refractivity contribution is 6.16. The Kier molecular flexibility index (Phi) is 5.60. The molecule has 6 nitrogen and oxygen atoms in total. The first-order valence-electron chi connectivity index (χ1n) is 10.2. The molecule has 1 fully saturated rings. The van der Waals surface area contributed by atoms with Crippen molar-refractivity contribution in [1.29, 1.82) is 0 Å². The zero-order valence-electron chi connectivity index (χ0n) is 17.5. The summed E-state index contributed by atoms with van der Waals surface area (Å²) >= 11 is 0. The monoisotopic (exact) mass is 396 g/mol. The van der Waals surface area contributed by atoms with Gasteiger partial charge in [0.15, 0.2) is 11.5 Å². The number of aliphatic imine (C=N–C) groups is 1. The van der Waals surface area contributed by atoms with Crippen LogP contribution in [0.4, 0.5) is 0 Å². The van der Waals surface area contributed by atoms with Crippen molar-refractivity contribution in [3.8, 4) is 23.1 Å². The Balaban J connectivity index is 1.90. The SMILES string of the molecule is CCOc1cc2c(cc1OC)C(c1cnc(OC)cc1OC)=N[C@@H]1CCCC[C@H]21. The molecule has 0 N–H and O–H groups in total. The molecule has 2 aromatic rings. The lowest BCUT2D eigenvalue weighted by atomic mass is 9.75. The lowest BCUT2D eigenvalue weighted by Gasteiger charge is -2.36. The van der Waals surface area contributed by atoms with Crippen molar-refractivity contribution in [3.05, 3.63) is 41.1 Å². The van der Waals surface area contributed by atoms with Gasteiger partial charge in [-0.25, -0.2) is 4.98 Å². The lowest BCUT2D eigenvalue weighted by molar-refractivity contribution is 0.308. The van der Waals surface area contributed by atoms with E-state index >= 15 is 0 Å². The summed E-state index contributed by atoms with van der Waals surface area (Å²) in [7, 11) is 4.93. The van der Waals surface area contributed by atoms with Crippen molar-refractivity contribution in [2.45, 2.75) is 44.6 Å². The molecule has 0 saturated heterocycles. The van der Waals surface area contributed by atoms with Crippen LogP contribution in [0.2, 0.25) is 0 Å². The Morgan fingerprint density at radius 2 is 1.69 bits per heavy atom. The third-order valence-corrected chi connectivity index (χ3v) is 5.84. The fourth-order valence-electron chi connectivity index (χ4n) is 4.47. The summed E-state index contributed by atoms with van der Waals surface area (Å²) in [5.41, 5.74) is 4.11. The molecule has 1 aromatic carbocycles. The Bertz CT molecular complexity index is 925. The quantitative estimate of drug-likeness (QED) is 0.725. The highest BCUT2D eigenvalue weighted by Crippen LogP contribution is 2.45. The number of nitrogens with zero attached hydrogens (tertiary/aromatic N) is 2. The van der Waals surface area contributed by atoms with Crippen LogP contribution in [0.25, 0.3) is 0 Å². The highest BCUT2D eigenvalue weighted by atomic mass is 16.5. The van der Waals surface area contributed by atoms with Gasteiger partial charge >= 0.3 is 0 Å². The van der Waals surface area contributed by atoms with Gasteiger partial charge in [-0.2, -0.15) is 0 Å². The van der Waals surface area contributed by atoms with Crippen LogP contribution in [-0.2, 0) is 0 Å². The molecule has 0 bridgehead atoms. The van der Waals surface area contributed by atoms with Gasteiger partial charge < -0.3 is 18.9 Å². The van der Waals surface area contributed by atoms with Gasteiger partial charge in [-0.1, -0.05) is 12.8 Å². The van der Waals surface area contributed by atoms with E-state index in [4.69, 9.17) is 23.9 Å². The zero-order valence-corrected chi connectivity index (χ0v) is 17.5. The molecular weight excluding hydrogens is 368 g/mol. The van der Waals surface area contributed by atoms with Crippen LogP contribution in [-0.4, -0.2) is 44.7 Å². The fourth-order valence-corrected chi connectivity index (χ4v) is 4.47. The average molecular weight is 396 g/mol. The van der Waals surface area contributed by atoms with Gasteiger partial charge in [0.2, 0.25) is 5.88 Å². The van der Waals surface area contributed by atoms with Gasteiger partial charge in [0.1, 0.15) is 5.75 Å². The molecule has 1 aromatic heterocycles. The third kappa shape index (κ3) is 3.52. The van der Waals surface area contributed by atoms with E-state index in [1.54, 1.807) is 33.6 Å². The maximum atomic E-state index is 5.87. The van der Waals surface area contributed by atoms with Crippen LogP contribution in [0.3, 0.4) is 0 Å². The molecule has 2 atom stereocenters. The molecule has 1 saturated carbocycles. The molecule has 2 aliphatic rings. The van der Waals surface area contributed by atoms with Gasteiger partial charge in [0.05, 0.1) is 45.3 Å². The first kappa shape index (κ1) is 19.6. The van der Waals surface area contributed by atoms with E-state index in [1.165, 1.54) is 18.4 Å². The van der Waals surface area contributed by atoms with Crippen molar-refractivity contribution in [2.24, 2.45) is 4.99 Å². The smallest absolute Gasteiger partial charge is 0.216 e. The minimum atomic E-state index is 0.265. The molecule has 0 spiro atoms. The first-order valence-corrected chi connectivity index (χ1v) is 10.2. The summed E-state index contributed by atoms with van der Waals surface area (Å²) in [6.45, 7) is 2.59. The van der Waals surface area contributed by atoms with Crippen molar-refractivity contribution < 1.29 is 18.9 Å². The number of aromatic nitrogens is 1. The molecule has 0 amide bonds. The second-order valence-electron chi connectivity index (χ2n) is 7.39. The topological polar surface area (TPSA) is 62.2 Å². The van der Waals surface area contributed by atoms with Gasteiger partial charge in [-0.3, -0.25) is 4.99 Å². The molecule has 6 heteroatoms. The Labute approximate surface area is 171 Å². The number of methoxy groups -OCH3 is 3. The third-order valence-electron chi connectivity index (χ3n) is 5.84. The maximum Gasteiger partial charge on any atom is 0.216 e. The molecule has 1 aliphatic heterocycles. The van der Waals surface area contributed by atoms with E-state index in [9.17, 15) is 0 Å². The molecule has 154 valence electrons. The summed E-state index contributed by atoms with van der Waals surface area (Å²) in [4.78, 5) is 9.60. The lowest BCUT2D eigenvalue weighted by Crippen LogP contribution is -2.30. The Morgan fingerprint density at radius 3 is 2.41 bits per heavy atom. The van der Waals surface area contributed by atoms with Crippen LogP contribution in [0.15, 0.2) is 29.4 Å². The maximum absolute atomic E-state index is 5.87. The van der Waals surface area contributed by atoms with E-state index in [1.807, 2.05) is 13.0 Å². The standard InChI is InChI=1S/C23H28N2O4/c1-5-29-21-10-15-14-8-6-7-9-18(14)25-23(16(15)11-20(21)27-3)17-13-24-22(28-4)12-19(17)26-2/h10-14,18H,5-9H2,1-4H3/t14-,18-/m1/s1. The number of rotatable bonds is 6. The van der Waals surface area contributed by atoms with Crippen LogP contribution >= 0.6 is 0 Å². The van der Waals surface area contributed by atoms with E-state index in [0.717, 1.165) is 35.4 Å². The first-order chi connectivity index (χ1) is 14.2. The van der Waals surface area contributed by atoms with E-state index in [0.29, 0.717) is 29.9 Å². The minimum absolute atomic E-state index is 0.265. The van der Waals surface area contributed by atoms with Crippen LogP contribution in [0.5, 0.6) is 23.1 Å². The van der Waals surface area contributed by atoms with Gasteiger partial charge in [-0.05, 0) is 37.5 Å². The molecule has 2 heterocycles. The molecule has 0 radical (unpaired) electrons.